The van der Waals surface area contributed by atoms with Crippen LogP contribution in [0, 0.1) is 0 Å². The molecule has 1 aliphatic rings. The van der Waals surface area contributed by atoms with E-state index in [4.69, 9.17) is 8.83 Å². The average molecular weight is 684 g/mol. The number of rotatable bonds is 4. The number of furan rings is 2. The van der Waals surface area contributed by atoms with E-state index in [-0.39, 0.29) is 0 Å². The molecule has 0 unspecified atom stereocenters. The smallest absolute Gasteiger partial charge is 0.159 e. The van der Waals surface area contributed by atoms with E-state index in [1.54, 1.807) is 0 Å². The largest absolute Gasteiger partial charge is 0.456 e. The monoisotopic (exact) mass is 683 g/mol. The van der Waals surface area contributed by atoms with Crippen molar-refractivity contribution < 1.29 is 8.83 Å². The lowest BCUT2D eigenvalue weighted by atomic mass is 9.97. The Balaban J connectivity index is 1.13. The summed E-state index contributed by atoms with van der Waals surface area (Å²) in [6.07, 6.45) is 0. The molecule has 0 bridgehead atoms. The first kappa shape index (κ1) is 29.4. The summed E-state index contributed by atoms with van der Waals surface area (Å²) in [6.45, 7) is 4.97. The fourth-order valence-electron chi connectivity index (χ4n) is 8.77. The first-order chi connectivity index (χ1) is 25.5. The lowest BCUT2D eigenvalue weighted by molar-refractivity contribution is 0.668. The Morgan fingerprint density at radius 2 is 1.13 bits per heavy atom. The number of benzene rings is 8. The Morgan fingerprint density at radius 3 is 1.98 bits per heavy atom. The zero-order valence-electron chi connectivity index (χ0n) is 28.9. The van der Waals surface area contributed by atoms with Crippen molar-refractivity contribution in [2.45, 2.75) is 13.1 Å². The van der Waals surface area contributed by atoms with Crippen molar-refractivity contribution in [3.8, 4) is 22.3 Å². The zero-order chi connectivity index (χ0) is 34.6. The maximum absolute atomic E-state index is 6.67. The second kappa shape index (κ2) is 10.8. The van der Waals surface area contributed by atoms with Gasteiger partial charge in [-0.25, -0.2) is 0 Å². The van der Waals surface area contributed by atoms with E-state index < -0.39 is 8.07 Å². The van der Waals surface area contributed by atoms with Crippen molar-refractivity contribution in [1.29, 1.82) is 0 Å². The molecule has 10 aromatic rings. The predicted molar refractivity (Wildman–Crippen MR) is 221 cm³/mol. The Labute approximate surface area is 302 Å². The number of anilines is 3. The fraction of sp³-hybridized carbons (Fsp3) is 0.0417. The SMILES string of the molecule is C[Si]1(C)c2cc(N(c3ccc(-c4cccc5ccccc45)cc3)c3cccc4c3oc3ccccc34)ccc2-c2c1ccc1oc3ccccc3c21. The minimum absolute atomic E-state index is 0.883. The quantitative estimate of drug-likeness (QED) is 0.173. The van der Waals surface area contributed by atoms with Crippen LogP contribution in [0.25, 0.3) is 76.9 Å². The molecule has 11 rings (SSSR count). The van der Waals surface area contributed by atoms with Gasteiger partial charge in [-0.15, -0.1) is 0 Å². The van der Waals surface area contributed by atoms with Crippen molar-refractivity contribution in [3.63, 3.8) is 0 Å². The fourth-order valence-corrected chi connectivity index (χ4v) is 11.8. The van der Waals surface area contributed by atoms with E-state index in [1.165, 1.54) is 54.2 Å². The van der Waals surface area contributed by atoms with Crippen LogP contribution < -0.4 is 15.3 Å². The van der Waals surface area contributed by atoms with Gasteiger partial charge in [0.15, 0.2) is 5.58 Å². The van der Waals surface area contributed by atoms with Crippen molar-refractivity contribution in [2.24, 2.45) is 0 Å². The molecular weight excluding hydrogens is 651 g/mol. The highest BCUT2D eigenvalue weighted by Crippen LogP contribution is 2.45. The van der Waals surface area contributed by atoms with Gasteiger partial charge in [0.1, 0.15) is 24.8 Å². The zero-order valence-corrected chi connectivity index (χ0v) is 29.9. The van der Waals surface area contributed by atoms with Crippen LogP contribution >= 0.6 is 0 Å². The van der Waals surface area contributed by atoms with Crippen LogP contribution in [0.3, 0.4) is 0 Å². The van der Waals surface area contributed by atoms with Crippen molar-refractivity contribution in [2.75, 3.05) is 4.90 Å². The first-order valence-electron chi connectivity index (χ1n) is 17.9. The molecule has 8 aromatic carbocycles. The normalized spacial score (nSPS) is 13.3. The minimum atomic E-state index is -2.09. The van der Waals surface area contributed by atoms with Crippen LogP contribution in [0.15, 0.2) is 173 Å². The molecule has 3 heterocycles. The van der Waals surface area contributed by atoms with Crippen molar-refractivity contribution in [3.05, 3.63) is 164 Å². The lowest BCUT2D eigenvalue weighted by Crippen LogP contribution is -2.49. The van der Waals surface area contributed by atoms with Gasteiger partial charge in [-0.3, -0.25) is 0 Å². The molecule has 0 saturated carbocycles. The summed E-state index contributed by atoms with van der Waals surface area (Å²) in [4.78, 5) is 2.38. The van der Waals surface area contributed by atoms with Gasteiger partial charge < -0.3 is 13.7 Å². The van der Waals surface area contributed by atoms with Crippen LogP contribution in [0.4, 0.5) is 17.1 Å². The molecule has 246 valence electrons. The van der Waals surface area contributed by atoms with Gasteiger partial charge >= 0.3 is 0 Å². The summed E-state index contributed by atoms with van der Waals surface area (Å²) in [5, 5.41) is 10.0. The average Bonchev–Trinajstić information content (AvgIpc) is 3.83. The molecule has 0 amide bonds. The Morgan fingerprint density at radius 1 is 0.462 bits per heavy atom. The Kier molecular flexibility index (Phi) is 6.11. The topological polar surface area (TPSA) is 29.5 Å². The molecule has 2 aromatic heterocycles. The van der Waals surface area contributed by atoms with E-state index in [9.17, 15) is 0 Å². The number of nitrogens with zero attached hydrogens (tertiary/aromatic N) is 1. The second-order valence-electron chi connectivity index (χ2n) is 14.5. The third-order valence-electron chi connectivity index (χ3n) is 11.3. The molecule has 0 saturated heterocycles. The third kappa shape index (κ3) is 4.13. The van der Waals surface area contributed by atoms with Gasteiger partial charge in [-0.05, 0) is 91.9 Å². The summed E-state index contributed by atoms with van der Waals surface area (Å²) in [7, 11) is -2.09. The molecule has 0 N–H and O–H groups in total. The number of hydrogen-bond acceptors (Lipinski definition) is 3. The molecule has 0 fully saturated rings. The van der Waals surface area contributed by atoms with Crippen LogP contribution in [-0.4, -0.2) is 8.07 Å². The summed E-state index contributed by atoms with van der Waals surface area (Å²) < 4.78 is 13.0. The minimum Gasteiger partial charge on any atom is -0.456 e. The van der Waals surface area contributed by atoms with E-state index in [0.717, 1.165) is 50.2 Å². The third-order valence-corrected chi connectivity index (χ3v) is 14.8. The molecule has 1 aliphatic heterocycles. The highest BCUT2D eigenvalue weighted by molar-refractivity contribution is 7.04. The Bertz CT molecular complexity index is 3050. The van der Waals surface area contributed by atoms with Crippen LogP contribution in [-0.2, 0) is 0 Å². The summed E-state index contributed by atoms with van der Waals surface area (Å²) in [5.41, 5.74) is 12.0. The summed E-state index contributed by atoms with van der Waals surface area (Å²) in [5.74, 6) is 0. The molecule has 52 heavy (non-hydrogen) atoms. The highest BCUT2D eigenvalue weighted by Gasteiger charge is 2.40. The van der Waals surface area contributed by atoms with Gasteiger partial charge in [0.05, 0.1) is 5.69 Å². The van der Waals surface area contributed by atoms with E-state index in [2.05, 4.69) is 176 Å². The van der Waals surface area contributed by atoms with E-state index >= 15 is 0 Å². The molecule has 0 radical (unpaired) electrons. The van der Waals surface area contributed by atoms with Gasteiger partial charge in [0.25, 0.3) is 0 Å². The Hall–Kier alpha value is -6.36. The van der Waals surface area contributed by atoms with Gasteiger partial charge in [0.2, 0.25) is 0 Å². The van der Waals surface area contributed by atoms with Gasteiger partial charge in [-0.1, -0.05) is 128 Å². The van der Waals surface area contributed by atoms with Crippen molar-refractivity contribution >= 4 is 90.2 Å². The van der Waals surface area contributed by atoms with Gasteiger partial charge in [0, 0.05) is 32.9 Å². The van der Waals surface area contributed by atoms with Crippen molar-refractivity contribution in [1.82, 2.24) is 0 Å². The number of hydrogen-bond donors (Lipinski definition) is 0. The lowest BCUT2D eigenvalue weighted by Gasteiger charge is -2.28. The van der Waals surface area contributed by atoms with E-state index in [0.29, 0.717) is 0 Å². The molecular formula is C48H33NO2Si. The maximum atomic E-state index is 6.67. The van der Waals surface area contributed by atoms with Crippen LogP contribution in [0.1, 0.15) is 0 Å². The van der Waals surface area contributed by atoms with Crippen LogP contribution in [0.2, 0.25) is 13.1 Å². The van der Waals surface area contributed by atoms with E-state index in [1.807, 2.05) is 6.07 Å². The maximum Gasteiger partial charge on any atom is 0.159 e. The highest BCUT2D eigenvalue weighted by atomic mass is 28.3. The molecule has 0 aliphatic carbocycles. The molecule has 0 spiro atoms. The first-order valence-corrected chi connectivity index (χ1v) is 20.9. The molecule has 0 atom stereocenters. The molecule has 4 heteroatoms. The standard InChI is InChI=1S/C48H33NO2Si/c1-52(2)44-28-27-43-46(38-15-6-8-20-42(38)50-43)47(44)39-26-25-33(29-45(39)52)49(40-18-10-17-37-36-14-5-7-19-41(36)51-48(37)40)32-23-21-31(22-24-32)35-16-9-12-30-11-3-4-13-34(30)35/h3-29H,1-2H3. The predicted octanol–water partition coefficient (Wildman–Crippen LogP) is 12.6. The number of fused-ring (bicyclic) bond motifs is 11. The van der Waals surface area contributed by atoms with Crippen LogP contribution in [0.5, 0.6) is 0 Å². The molecule has 3 nitrogen and oxygen atoms in total. The second-order valence-corrected chi connectivity index (χ2v) is 18.8. The van der Waals surface area contributed by atoms with Gasteiger partial charge in [-0.2, -0.15) is 0 Å². The summed E-state index contributed by atoms with van der Waals surface area (Å²) in [6, 6.07) is 59.1. The summed E-state index contributed by atoms with van der Waals surface area (Å²) >= 11 is 0. The number of para-hydroxylation sites is 3.